The Morgan fingerprint density at radius 2 is 2.00 bits per heavy atom. The van der Waals surface area contributed by atoms with Gasteiger partial charge >= 0.3 is 0 Å². The fourth-order valence-corrected chi connectivity index (χ4v) is 2.86. The zero-order chi connectivity index (χ0) is 17.8. The Bertz CT molecular complexity index is 832. The van der Waals surface area contributed by atoms with Gasteiger partial charge in [-0.2, -0.15) is 0 Å². The van der Waals surface area contributed by atoms with Crippen LogP contribution in [0.1, 0.15) is 22.3 Å². The summed E-state index contributed by atoms with van der Waals surface area (Å²) < 4.78 is 12.9. The van der Waals surface area contributed by atoms with Gasteiger partial charge in [-0.3, -0.25) is 14.4 Å². The summed E-state index contributed by atoms with van der Waals surface area (Å²) >= 11 is 0. The normalized spacial score (nSPS) is 16.9. The lowest BCUT2D eigenvalue weighted by molar-refractivity contribution is -0.127. The van der Waals surface area contributed by atoms with Crippen molar-refractivity contribution in [1.29, 1.82) is 0 Å². The maximum Gasteiger partial charge on any atom is 0.260 e. The molecule has 25 heavy (non-hydrogen) atoms. The van der Waals surface area contributed by atoms with Crippen LogP contribution in [0.25, 0.3) is 0 Å². The summed E-state index contributed by atoms with van der Waals surface area (Å²) in [5.41, 5.74) is 0.509. The van der Waals surface area contributed by atoms with Crippen LogP contribution in [0.4, 0.5) is 4.39 Å². The molecule has 6 nitrogen and oxygen atoms in total. The van der Waals surface area contributed by atoms with Gasteiger partial charge in [-0.25, -0.2) is 4.39 Å². The van der Waals surface area contributed by atoms with Crippen molar-refractivity contribution in [1.82, 2.24) is 15.2 Å². The molecule has 0 aliphatic carbocycles. The zero-order valence-corrected chi connectivity index (χ0v) is 13.5. The van der Waals surface area contributed by atoms with Crippen LogP contribution in [-0.2, 0) is 11.2 Å². The van der Waals surface area contributed by atoms with Gasteiger partial charge in [0.05, 0.1) is 6.04 Å². The van der Waals surface area contributed by atoms with Gasteiger partial charge in [0.2, 0.25) is 5.91 Å². The first-order chi connectivity index (χ1) is 12.0. The van der Waals surface area contributed by atoms with E-state index in [1.54, 1.807) is 23.1 Å². The smallest absolute Gasteiger partial charge is 0.260 e. The highest BCUT2D eigenvalue weighted by Crippen LogP contribution is 2.13. The number of amides is 2. The molecule has 1 saturated heterocycles. The fraction of sp³-hybridized carbons (Fsp3) is 0.278. The minimum Gasteiger partial charge on any atom is -0.347 e. The van der Waals surface area contributed by atoms with Crippen LogP contribution in [0.15, 0.2) is 47.4 Å². The summed E-state index contributed by atoms with van der Waals surface area (Å²) in [6, 6.07) is 8.85. The summed E-state index contributed by atoms with van der Waals surface area (Å²) in [6.07, 6.45) is 2.28. The average Bonchev–Trinajstić information content (AvgIpc) is 2.94. The molecule has 1 aromatic heterocycles. The van der Waals surface area contributed by atoms with Crippen molar-refractivity contribution in [3.63, 3.8) is 0 Å². The second kappa shape index (κ2) is 7.29. The van der Waals surface area contributed by atoms with Crippen LogP contribution in [0, 0.1) is 5.82 Å². The molecule has 1 fully saturated rings. The second-order valence-electron chi connectivity index (χ2n) is 6.00. The first-order valence-corrected chi connectivity index (χ1v) is 8.04. The van der Waals surface area contributed by atoms with E-state index in [1.807, 2.05) is 0 Å². The molecule has 1 aliphatic rings. The van der Waals surface area contributed by atoms with Gasteiger partial charge in [0.25, 0.3) is 11.5 Å². The average molecular weight is 343 g/mol. The van der Waals surface area contributed by atoms with E-state index in [9.17, 15) is 18.8 Å². The number of rotatable bonds is 5. The molecule has 0 bridgehead atoms. The lowest BCUT2D eigenvalue weighted by atomic mass is 10.1. The number of hydrogen-bond donors (Lipinski definition) is 2. The number of halogens is 1. The van der Waals surface area contributed by atoms with Crippen molar-refractivity contribution in [2.24, 2.45) is 0 Å². The number of aromatic nitrogens is 1. The van der Waals surface area contributed by atoms with E-state index in [1.165, 1.54) is 24.4 Å². The standard InChI is InChI=1S/C18H18FN3O3/c19-13-5-3-12(4-6-13)7-9-22-11-14(10-16(22)23)21-18(25)15-2-1-8-20-17(15)24/h1-6,8,14H,7,9-11H2,(H,20,24)(H,21,25). The molecule has 0 spiro atoms. The molecule has 2 amide bonds. The van der Waals surface area contributed by atoms with E-state index in [4.69, 9.17) is 0 Å². The minimum absolute atomic E-state index is 0.0275. The van der Waals surface area contributed by atoms with Crippen molar-refractivity contribution in [3.05, 3.63) is 69.9 Å². The molecule has 7 heteroatoms. The Morgan fingerprint density at radius 1 is 1.24 bits per heavy atom. The van der Waals surface area contributed by atoms with E-state index in [2.05, 4.69) is 10.3 Å². The minimum atomic E-state index is -0.486. The van der Waals surface area contributed by atoms with Crippen LogP contribution in [0.5, 0.6) is 0 Å². The third-order valence-electron chi connectivity index (χ3n) is 4.20. The molecule has 3 rings (SSSR count). The van der Waals surface area contributed by atoms with Crippen LogP contribution < -0.4 is 10.9 Å². The van der Waals surface area contributed by atoms with Gasteiger partial charge in [-0.1, -0.05) is 12.1 Å². The SMILES string of the molecule is O=C(NC1CC(=O)N(CCc2ccc(F)cc2)C1)c1ccc[nH]c1=O. The van der Waals surface area contributed by atoms with Gasteiger partial charge in [0.1, 0.15) is 11.4 Å². The maximum atomic E-state index is 12.9. The Morgan fingerprint density at radius 3 is 2.72 bits per heavy atom. The van der Waals surface area contributed by atoms with Crippen molar-refractivity contribution < 1.29 is 14.0 Å². The number of likely N-dealkylation sites (tertiary alicyclic amines) is 1. The van der Waals surface area contributed by atoms with E-state index < -0.39 is 11.5 Å². The molecular formula is C18H18FN3O3. The Balaban J connectivity index is 1.55. The number of benzene rings is 1. The van der Waals surface area contributed by atoms with Gasteiger partial charge in [0.15, 0.2) is 0 Å². The van der Waals surface area contributed by atoms with E-state index in [0.29, 0.717) is 19.5 Å². The number of H-pyrrole nitrogens is 1. The highest BCUT2D eigenvalue weighted by Gasteiger charge is 2.30. The summed E-state index contributed by atoms with van der Waals surface area (Å²) in [5.74, 6) is -0.825. The molecule has 1 aromatic carbocycles. The van der Waals surface area contributed by atoms with Crippen LogP contribution in [0.2, 0.25) is 0 Å². The fourth-order valence-electron chi connectivity index (χ4n) is 2.86. The quantitative estimate of drug-likeness (QED) is 0.852. The van der Waals surface area contributed by atoms with Gasteiger partial charge < -0.3 is 15.2 Å². The molecule has 2 aromatic rings. The van der Waals surface area contributed by atoms with Gasteiger partial charge in [0, 0.05) is 25.7 Å². The molecule has 0 saturated carbocycles. The van der Waals surface area contributed by atoms with Crippen LogP contribution >= 0.6 is 0 Å². The number of carbonyl (C=O) groups excluding carboxylic acids is 2. The van der Waals surface area contributed by atoms with Crippen LogP contribution in [-0.4, -0.2) is 40.8 Å². The van der Waals surface area contributed by atoms with Crippen LogP contribution in [0.3, 0.4) is 0 Å². The predicted octanol–water partition coefficient (Wildman–Crippen LogP) is 1.09. The summed E-state index contributed by atoms with van der Waals surface area (Å²) in [4.78, 5) is 40.0. The van der Waals surface area contributed by atoms with Gasteiger partial charge in [-0.05, 0) is 36.2 Å². The summed E-state index contributed by atoms with van der Waals surface area (Å²) in [5, 5.41) is 2.73. The third kappa shape index (κ3) is 4.12. The molecule has 0 radical (unpaired) electrons. The highest BCUT2D eigenvalue weighted by molar-refractivity contribution is 5.94. The molecule has 130 valence electrons. The van der Waals surface area contributed by atoms with E-state index in [-0.39, 0.29) is 29.8 Å². The lowest BCUT2D eigenvalue weighted by Crippen LogP contribution is -2.39. The molecule has 2 N–H and O–H groups in total. The lowest BCUT2D eigenvalue weighted by Gasteiger charge is -2.17. The zero-order valence-electron chi connectivity index (χ0n) is 13.5. The first kappa shape index (κ1) is 16.9. The number of nitrogens with one attached hydrogen (secondary N) is 2. The van der Waals surface area contributed by atoms with Crippen molar-refractivity contribution in [3.8, 4) is 0 Å². The largest absolute Gasteiger partial charge is 0.347 e. The predicted molar refractivity (Wildman–Crippen MR) is 89.6 cm³/mol. The highest BCUT2D eigenvalue weighted by atomic mass is 19.1. The Hall–Kier alpha value is -2.96. The molecular weight excluding hydrogens is 325 g/mol. The topological polar surface area (TPSA) is 82.3 Å². The molecule has 1 atom stereocenters. The molecule has 2 heterocycles. The Labute approximate surface area is 143 Å². The third-order valence-corrected chi connectivity index (χ3v) is 4.20. The van der Waals surface area contributed by atoms with E-state index in [0.717, 1.165) is 5.56 Å². The summed E-state index contributed by atoms with van der Waals surface area (Å²) in [6.45, 7) is 0.902. The number of carbonyl (C=O) groups is 2. The number of nitrogens with zero attached hydrogens (tertiary/aromatic N) is 1. The molecule has 1 aliphatic heterocycles. The number of hydrogen-bond acceptors (Lipinski definition) is 3. The molecule has 1 unspecified atom stereocenters. The van der Waals surface area contributed by atoms with Gasteiger partial charge in [-0.15, -0.1) is 0 Å². The monoisotopic (exact) mass is 343 g/mol. The number of pyridine rings is 1. The first-order valence-electron chi connectivity index (χ1n) is 8.04. The summed E-state index contributed by atoms with van der Waals surface area (Å²) in [7, 11) is 0. The van der Waals surface area contributed by atoms with Crippen molar-refractivity contribution >= 4 is 11.8 Å². The van der Waals surface area contributed by atoms with Crippen molar-refractivity contribution in [2.75, 3.05) is 13.1 Å². The van der Waals surface area contributed by atoms with Crippen molar-refractivity contribution in [2.45, 2.75) is 18.9 Å². The second-order valence-corrected chi connectivity index (χ2v) is 6.00. The van der Waals surface area contributed by atoms with E-state index >= 15 is 0 Å². The Kier molecular flexibility index (Phi) is 4.92. The number of aromatic amines is 1. The maximum absolute atomic E-state index is 12.9.